The van der Waals surface area contributed by atoms with E-state index in [1.807, 2.05) is 78.9 Å². The van der Waals surface area contributed by atoms with Crippen LogP contribution in [0.3, 0.4) is 0 Å². The van der Waals surface area contributed by atoms with Crippen molar-refractivity contribution in [1.29, 1.82) is 0 Å². The van der Waals surface area contributed by atoms with Crippen LogP contribution in [-0.4, -0.2) is 36.9 Å². The molecule has 6 nitrogen and oxygen atoms in total. The van der Waals surface area contributed by atoms with Gasteiger partial charge in [0.1, 0.15) is 5.75 Å². The first-order valence-corrected chi connectivity index (χ1v) is 15.7. The molecule has 3 aliphatic carbocycles. The van der Waals surface area contributed by atoms with E-state index in [2.05, 4.69) is 10.9 Å². The van der Waals surface area contributed by atoms with Crippen LogP contribution in [-0.2, 0) is 21.2 Å². The lowest BCUT2D eigenvalue weighted by molar-refractivity contribution is -0.139. The number of amides is 2. The number of methoxy groups -OCH3 is 1. The number of para-hydroxylation sites is 2. The molecule has 0 aromatic heterocycles. The van der Waals surface area contributed by atoms with Crippen molar-refractivity contribution in [3.05, 3.63) is 137 Å². The number of carbonyl (C=O) groups is 2. The molecule has 1 saturated heterocycles. The smallest absolute Gasteiger partial charge is 0.416 e. The maximum absolute atomic E-state index is 14.7. The third-order valence-electron chi connectivity index (χ3n) is 10.4. The summed E-state index contributed by atoms with van der Waals surface area (Å²) in [7, 11) is 1.57. The first-order chi connectivity index (χ1) is 22.7. The maximum atomic E-state index is 14.7. The number of rotatable bonds is 7. The second-order valence-corrected chi connectivity index (χ2v) is 12.6. The van der Waals surface area contributed by atoms with E-state index < -0.39 is 28.5 Å². The Morgan fingerprint density at radius 1 is 0.915 bits per heavy atom. The number of halogens is 3. The van der Waals surface area contributed by atoms with Crippen LogP contribution in [0.4, 0.5) is 18.9 Å². The Labute approximate surface area is 271 Å². The number of hydrazine groups is 1. The van der Waals surface area contributed by atoms with Gasteiger partial charge in [0, 0.05) is 42.0 Å². The van der Waals surface area contributed by atoms with Crippen LogP contribution in [0.5, 0.6) is 5.75 Å². The monoisotopic (exact) mass is 637 g/mol. The summed E-state index contributed by atoms with van der Waals surface area (Å²) in [6, 6.07) is 30.0. The number of benzene rings is 4. The molecule has 2 fully saturated rings. The van der Waals surface area contributed by atoms with Gasteiger partial charge < -0.3 is 9.64 Å². The molecule has 240 valence electrons. The van der Waals surface area contributed by atoms with Crippen molar-refractivity contribution in [2.75, 3.05) is 25.6 Å². The summed E-state index contributed by atoms with van der Waals surface area (Å²) in [5.74, 6) is -0.468. The van der Waals surface area contributed by atoms with Gasteiger partial charge in [-0.3, -0.25) is 20.4 Å². The number of nitrogens with zero attached hydrogens (tertiary/aromatic N) is 1. The lowest BCUT2D eigenvalue weighted by Gasteiger charge is -2.60. The van der Waals surface area contributed by atoms with Gasteiger partial charge in [0.15, 0.2) is 0 Å². The van der Waals surface area contributed by atoms with Crippen molar-refractivity contribution in [3.63, 3.8) is 0 Å². The summed E-state index contributed by atoms with van der Waals surface area (Å²) in [6.45, 7) is 0.427. The molecule has 0 spiro atoms. The Bertz CT molecular complexity index is 1840. The van der Waals surface area contributed by atoms with Gasteiger partial charge in [-0.05, 0) is 65.9 Å². The second-order valence-electron chi connectivity index (χ2n) is 12.6. The number of carbonyl (C=O) groups excluding carboxylic acids is 2. The Kier molecular flexibility index (Phi) is 7.57. The Hall–Kier alpha value is -5.05. The van der Waals surface area contributed by atoms with Crippen molar-refractivity contribution >= 4 is 23.6 Å². The molecule has 4 aromatic rings. The molecule has 0 unspecified atom stereocenters. The standard InChI is InChI=1S/C38H34F3N3O3/c1-47-32-14-8-5-9-25(32)15-20-34(45)44-23-33-36(26-16-18-27(19-17-26)38(39,40)41)22-21-31(29-12-6-7-13-30(29)36)37(33,24-44)35(46)43-42-28-10-3-2-4-11-28/h2-20,31,33,42H,21-24H2,1H3,(H,43,46)/b20-15+/t31-,33-,36-,37-/m0/s1. The summed E-state index contributed by atoms with van der Waals surface area (Å²) in [4.78, 5) is 30.3. The van der Waals surface area contributed by atoms with Crippen molar-refractivity contribution < 1.29 is 27.5 Å². The van der Waals surface area contributed by atoms with E-state index in [0.717, 1.165) is 28.8 Å². The summed E-state index contributed by atoms with van der Waals surface area (Å²) in [6.07, 6.45) is 0.0252. The van der Waals surface area contributed by atoms with Crippen LogP contribution in [0.2, 0.25) is 0 Å². The molecule has 9 heteroatoms. The highest BCUT2D eigenvalue weighted by Crippen LogP contribution is 2.69. The Morgan fingerprint density at radius 2 is 1.62 bits per heavy atom. The molecule has 4 aliphatic rings. The number of fused-ring (bicyclic) bond motifs is 1. The summed E-state index contributed by atoms with van der Waals surface area (Å²) in [5, 5.41) is 0. The average molecular weight is 638 g/mol. The van der Waals surface area contributed by atoms with E-state index in [4.69, 9.17) is 4.74 Å². The van der Waals surface area contributed by atoms with Gasteiger partial charge in [-0.15, -0.1) is 0 Å². The maximum Gasteiger partial charge on any atom is 0.416 e. The van der Waals surface area contributed by atoms with Gasteiger partial charge in [0.2, 0.25) is 11.8 Å². The van der Waals surface area contributed by atoms with E-state index in [1.165, 1.54) is 6.08 Å². The van der Waals surface area contributed by atoms with Crippen molar-refractivity contribution in [1.82, 2.24) is 10.3 Å². The van der Waals surface area contributed by atoms with Crippen LogP contribution in [0.1, 0.15) is 46.6 Å². The molecule has 1 saturated carbocycles. The van der Waals surface area contributed by atoms with Gasteiger partial charge >= 0.3 is 6.18 Å². The van der Waals surface area contributed by atoms with E-state index in [-0.39, 0.29) is 30.8 Å². The van der Waals surface area contributed by atoms with Gasteiger partial charge in [-0.25, -0.2) is 0 Å². The molecule has 2 bridgehead atoms. The zero-order chi connectivity index (χ0) is 32.8. The van der Waals surface area contributed by atoms with Gasteiger partial charge in [0.25, 0.3) is 0 Å². The van der Waals surface area contributed by atoms with E-state index in [0.29, 0.717) is 29.8 Å². The highest BCUT2D eigenvalue weighted by atomic mass is 19.4. The fourth-order valence-corrected chi connectivity index (χ4v) is 8.44. The molecule has 2 amide bonds. The average Bonchev–Trinajstić information content (AvgIpc) is 3.54. The topological polar surface area (TPSA) is 70.7 Å². The molecule has 1 heterocycles. The van der Waals surface area contributed by atoms with Crippen molar-refractivity contribution in [3.8, 4) is 5.75 Å². The van der Waals surface area contributed by atoms with Gasteiger partial charge in [-0.1, -0.05) is 72.8 Å². The summed E-state index contributed by atoms with van der Waals surface area (Å²) >= 11 is 0. The molecule has 2 N–H and O–H groups in total. The van der Waals surface area contributed by atoms with E-state index >= 15 is 0 Å². The van der Waals surface area contributed by atoms with Crippen LogP contribution in [0.15, 0.2) is 109 Å². The summed E-state index contributed by atoms with van der Waals surface area (Å²) in [5.41, 5.74) is 7.64. The normalized spacial score (nSPS) is 24.5. The number of hydrogen-bond acceptors (Lipinski definition) is 4. The van der Waals surface area contributed by atoms with Gasteiger partial charge in [0.05, 0.1) is 23.8 Å². The predicted molar refractivity (Wildman–Crippen MR) is 173 cm³/mol. The second kappa shape index (κ2) is 11.6. The Balaban J connectivity index is 1.33. The number of nitrogens with one attached hydrogen (secondary N) is 2. The number of hydrogen-bond donors (Lipinski definition) is 2. The minimum absolute atomic E-state index is 0.163. The fourth-order valence-electron chi connectivity index (χ4n) is 8.44. The van der Waals surface area contributed by atoms with E-state index in [9.17, 15) is 22.8 Å². The first kappa shape index (κ1) is 30.6. The van der Waals surface area contributed by atoms with Crippen LogP contribution in [0, 0.1) is 11.3 Å². The number of likely N-dealkylation sites (tertiary alicyclic amines) is 1. The highest BCUT2D eigenvalue weighted by molar-refractivity contribution is 5.95. The molecule has 0 radical (unpaired) electrons. The largest absolute Gasteiger partial charge is 0.496 e. The quantitative estimate of drug-likeness (QED) is 0.166. The van der Waals surface area contributed by atoms with Gasteiger partial charge in [-0.2, -0.15) is 13.2 Å². The molecule has 8 rings (SSSR count). The molecule has 47 heavy (non-hydrogen) atoms. The van der Waals surface area contributed by atoms with Crippen LogP contribution in [0.25, 0.3) is 6.08 Å². The minimum Gasteiger partial charge on any atom is -0.496 e. The van der Waals surface area contributed by atoms with Crippen LogP contribution >= 0.6 is 0 Å². The van der Waals surface area contributed by atoms with Crippen LogP contribution < -0.4 is 15.6 Å². The first-order valence-electron chi connectivity index (χ1n) is 15.7. The van der Waals surface area contributed by atoms with Crippen molar-refractivity contribution in [2.24, 2.45) is 11.3 Å². The molecule has 1 aliphatic heterocycles. The number of alkyl halides is 3. The molecule has 4 aromatic carbocycles. The Morgan fingerprint density at radius 3 is 2.36 bits per heavy atom. The lowest BCUT2D eigenvalue weighted by Crippen LogP contribution is -2.63. The SMILES string of the molecule is COc1ccccc1/C=C/C(=O)N1C[C@H]2[C@]3(c4ccc(C(F)(F)F)cc4)CC[C@@H](c4ccccc43)[C@@]2(C(=O)NNc2ccccc2)C1. The summed E-state index contributed by atoms with van der Waals surface area (Å²) < 4.78 is 46.4. The number of anilines is 1. The zero-order valence-electron chi connectivity index (χ0n) is 25.8. The highest BCUT2D eigenvalue weighted by Gasteiger charge is 2.70. The lowest BCUT2D eigenvalue weighted by atomic mass is 9.42. The third-order valence-corrected chi connectivity index (χ3v) is 10.4. The molecular formula is C38H34F3N3O3. The zero-order valence-corrected chi connectivity index (χ0v) is 25.8. The molecule has 4 atom stereocenters. The molecular weight excluding hydrogens is 603 g/mol. The van der Waals surface area contributed by atoms with E-state index in [1.54, 1.807) is 30.2 Å². The third kappa shape index (κ3) is 4.96. The number of ether oxygens (including phenoxy) is 1. The van der Waals surface area contributed by atoms with Crippen molar-refractivity contribution in [2.45, 2.75) is 30.4 Å². The predicted octanol–water partition coefficient (Wildman–Crippen LogP) is 7.19. The minimum atomic E-state index is -4.48. The fraction of sp³-hybridized carbons (Fsp3) is 0.263.